The minimum Gasteiger partial charge on any atom is -0.378 e. The molecule has 2 atom stereocenters. The molecule has 2 unspecified atom stereocenters. The van der Waals surface area contributed by atoms with Crippen LogP contribution in [-0.2, 0) is 4.74 Å². The van der Waals surface area contributed by atoms with E-state index < -0.39 is 0 Å². The van der Waals surface area contributed by atoms with E-state index in [0.717, 1.165) is 32.4 Å². The minimum atomic E-state index is 0.418. The van der Waals surface area contributed by atoms with Gasteiger partial charge >= 0.3 is 0 Å². The van der Waals surface area contributed by atoms with Crippen LogP contribution in [0.1, 0.15) is 33.1 Å². The van der Waals surface area contributed by atoms with Crippen molar-refractivity contribution in [3.8, 4) is 0 Å². The van der Waals surface area contributed by atoms with Crippen LogP contribution in [0.5, 0.6) is 0 Å². The maximum Gasteiger partial charge on any atom is 0.0561 e. The number of nitrogens with one attached hydrogen (secondary N) is 1. The van der Waals surface area contributed by atoms with E-state index in [4.69, 9.17) is 4.74 Å². The first-order chi connectivity index (χ1) is 6.22. The Kier molecular flexibility index (Phi) is 4.46. The highest BCUT2D eigenvalue weighted by molar-refractivity contribution is 4.96. The van der Waals surface area contributed by atoms with E-state index in [1.54, 1.807) is 0 Å². The second kappa shape index (κ2) is 5.40. The smallest absolute Gasteiger partial charge is 0.0561 e. The highest BCUT2D eigenvalue weighted by Gasteiger charge is 2.18. The van der Waals surface area contributed by atoms with Crippen molar-refractivity contribution in [1.29, 1.82) is 0 Å². The molecule has 1 aliphatic rings. The Labute approximate surface area is 81.4 Å². The number of hydrogen-bond acceptors (Lipinski definition) is 2. The van der Waals surface area contributed by atoms with Gasteiger partial charge in [0.25, 0.3) is 0 Å². The van der Waals surface area contributed by atoms with E-state index >= 15 is 0 Å². The van der Waals surface area contributed by atoms with Crippen LogP contribution in [0.3, 0.4) is 0 Å². The molecular formula is C11H21NO. The van der Waals surface area contributed by atoms with E-state index in [1.807, 2.05) is 0 Å². The molecule has 2 heteroatoms. The maximum atomic E-state index is 5.48. The first kappa shape index (κ1) is 10.7. The summed E-state index contributed by atoms with van der Waals surface area (Å²) in [5.41, 5.74) is 1.29. The molecule has 1 fully saturated rings. The highest BCUT2D eigenvalue weighted by atomic mass is 16.5. The second-order valence-electron chi connectivity index (χ2n) is 3.89. The number of hydrogen-bond donors (Lipinski definition) is 1. The monoisotopic (exact) mass is 183 g/mol. The van der Waals surface area contributed by atoms with Crippen LogP contribution in [0.25, 0.3) is 0 Å². The maximum absolute atomic E-state index is 5.48. The summed E-state index contributed by atoms with van der Waals surface area (Å²) in [4.78, 5) is 0. The molecule has 0 saturated carbocycles. The van der Waals surface area contributed by atoms with Crippen molar-refractivity contribution in [1.82, 2.24) is 5.32 Å². The van der Waals surface area contributed by atoms with Crippen LogP contribution in [-0.4, -0.2) is 25.3 Å². The molecule has 0 aliphatic carbocycles. The summed E-state index contributed by atoms with van der Waals surface area (Å²) in [5.74, 6) is 0. The molecule has 1 aliphatic heterocycles. The summed E-state index contributed by atoms with van der Waals surface area (Å²) >= 11 is 0. The fourth-order valence-corrected chi connectivity index (χ4v) is 1.60. The summed E-state index contributed by atoms with van der Waals surface area (Å²) in [5, 5.41) is 3.52. The van der Waals surface area contributed by atoms with Gasteiger partial charge in [-0.05, 0) is 26.2 Å². The third kappa shape index (κ3) is 3.92. The Morgan fingerprint density at radius 3 is 3.00 bits per heavy atom. The SMILES string of the molecule is C=C(CC)CNC1CCOC(C)C1. The van der Waals surface area contributed by atoms with Gasteiger partial charge in [-0.15, -0.1) is 0 Å². The third-order valence-electron chi connectivity index (χ3n) is 2.63. The zero-order valence-corrected chi connectivity index (χ0v) is 8.81. The fraction of sp³-hybridized carbons (Fsp3) is 0.818. The Balaban J connectivity index is 2.17. The van der Waals surface area contributed by atoms with Gasteiger partial charge in [-0.3, -0.25) is 0 Å². The predicted molar refractivity (Wildman–Crippen MR) is 55.9 cm³/mol. The average Bonchev–Trinajstić information content (AvgIpc) is 2.14. The van der Waals surface area contributed by atoms with Crippen LogP contribution < -0.4 is 5.32 Å². The lowest BCUT2D eigenvalue weighted by Crippen LogP contribution is -2.38. The summed E-state index contributed by atoms with van der Waals surface area (Å²) in [7, 11) is 0. The molecule has 1 rings (SSSR count). The van der Waals surface area contributed by atoms with E-state index in [0.29, 0.717) is 12.1 Å². The van der Waals surface area contributed by atoms with Crippen molar-refractivity contribution in [3.63, 3.8) is 0 Å². The van der Waals surface area contributed by atoms with Crippen molar-refractivity contribution in [2.45, 2.75) is 45.3 Å². The molecule has 1 saturated heterocycles. The fourth-order valence-electron chi connectivity index (χ4n) is 1.60. The molecule has 76 valence electrons. The minimum absolute atomic E-state index is 0.418. The largest absolute Gasteiger partial charge is 0.378 e. The standard InChI is InChI=1S/C11H21NO/c1-4-9(2)8-12-11-5-6-13-10(3)7-11/h10-12H,2,4-8H2,1,3H3. The van der Waals surface area contributed by atoms with Crippen LogP contribution in [0, 0.1) is 0 Å². The lowest BCUT2D eigenvalue weighted by molar-refractivity contribution is 0.0139. The Morgan fingerprint density at radius 1 is 1.62 bits per heavy atom. The number of rotatable bonds is 4. The molecule has 0 spiro atoms. The molecule has 0 aromatic heterocycles. The van der Waals surface area contributed by atoms with Crippen molar-refractivity contribution >= 4 is 0 Å². The van der Waals surface area contributed by atoms with Gasteiger partial charge in [0.1, 0.15) is 0 Å². The van der Waals surface area contributed by atoms with E-state index in [2.05, 4.69) is 25.7 Å². The summed E-state index contributed by atoms with van der Waals surface area (Å²) in [6.07, 6.45) is 3.77. The first-order valence-corrected chi connectivity index (χ1v) is 5.24. The van der Waals surface area contributed by atoms with E-state index in [-0.39, 0.29) is 0 Å². The van der Waals surface area contributed by atoms with Crippen molar-refractivity contribution in [2.75, 3.05) is 13.2 Å². The Morgan fingerprint density at radius 2 is 2.38 bits per heavy atom. The molecule has 0 amide bonds. The molecule has 0 aromatic carbocycles. The molecular weight excluding hydrogens is 162 g/mol. The van der Waals surface area contributed by atoms with Gasteiger partial charge in [0, 0.05) is 19.2 Å². The Bertz CT molecular complexity index is 167. The van der Waals surface area contributed by atoms with Crippen molar-refractivity contribution in [2.24, 2.45) is 0 Å². The van der Waals surface area contributed by atoms with Gasteiger partial charge in [-0.25, -0.2) is 0 Å². The van der Waals surface area contributed by atoms with Gasteiger partial charge in [-0.2, -0.15) is 0 Å². The summed E-state index contributed by atoms with van der Waals surface area (Å²) in [6.45, 7) is 10.1. The molecule has 1 heterocycles. The van der Waals surface area contributed by atoms with Crippen LogP contribution >= 0.6 is 0 Å². The summed E-state index contributed by atoms with van der Waals surface area (Å²) < 4.78 is 5.48. The van der Waals surface area contributed by atoms with Gasteiger partial charge in [0.2, 0.25) is 0 Å². The molecule has 1 N–H and O–H groups in total. The summed E-state index contributed by atoms with van der Waals surface area (Å²) in [6, 6.07) is 0.632. The van der Waals surface area contributed by atoms with E-state index in [9.17, 15) is 0 Å². The topological polar surface area (TPSA) is 21.3 Å². The zero-order valence-electron chi connectivity index (χ0n) is 8.81. The number of ether oxygens (including phenoxy) is 1. The van der Waals surface area contributed by atoms with Crippen molar-refractivity contribution < 1.29 is 4.74 Å². The second-order valence-corrected chi connectivity index (χ2v) is 3.89. The quantitative estimate of drug-likeness (QED) is 0.674. The van der Waals surface area contributed by atoms with Crippen LogP contribution in [0.4, 0.5) is 0 Å². The van der Waals surface area contributed by atoms with Crippen LogP contribution in [0.15, 0.2) is 12.2 Å². The van der Waals surface area contributed by atoms with Crippen molar-refractivity contribution in [3.05, 3.63) is 12.2 Å². The molecule has 0 radical (unpaired) electrons. The zero-order chi connectivity index (χ0) is 9.68. The average molecular weight is 183 g/mol. The lowest BCUT2D eigenvalue weighted by Gasteiger charge is -2.28. The molecule has 0 bridgehead atoms. The van der Waals surface area contributed by atoms with Gasteiger partial charge in [0.15, 0.2) is 0 Å². The molecule has 0 aromatic rings. The third-order valence-corrected chi connectivity index (χ3v) is 2.63. The predicted octanol–water partition coefficient (Wildman–Crippen LogP) is 2.11. The Hall–Kier alpha value is -0.340. The van der Waals surface area contributed by atoms with E-state index in [1.165, 1.54) is 5.57 Å². The van der Waals surface area contributed by atoms with Gasteiger partial charge in [0.05, 0.1) is 6.10 Å². The lowest BCUT2D eigenvalue weighted by atomic mass is 10.0. The van der Waals surface area contributed by atoms with Crippen LogP contribution in [0.2, 0.25) is 0 Å². The van der Waals surface area contributed by atoms with Gasteiger partial charge in [-0.1, -0.05) is 19.1 Å². The molecule has 2 nitrogen and oxygen atoms in total. The molecule has 13 heavy (non-hydrogen) atoms. The highest BCUT2D eigenvalue weighted by Crippen LogP contribution is 2.13. The first-order valence-electron chi connectivity index (χ1n) is 5.24. The normalized spacial score (nSPS) is 28.8. The van der Waals surface area contributed by atoms with Gasteiger partial charge < -0.3 is 10.1 Å².